The van der Waals surface area contributed by atoms with Crippen LogP contribution in [0.4, 0.5) is 0 Å². The fourth-order valence-electron chi connectivity index (χ4n) is 2.91. The molecule has 1 N–H and O–H groups in total. The van der Waals surface area contributed by atoms with Gasteiger partial charge in [0, 0.05) is 6.54 Å². The summed E-state index contributed by atoms with van der Waals surface area (Å²) in [5, 5.41) is 3.60. The molecule has 0 spiro atoms. The molecule has 0 aromatic heterocycles. The van der Waals surface area contributed by atoms with Crippen LogP contribution in [0.3, 0.4) is 0 Å². The van der Waals surface area contributed by atoms with Crippen LogP contribution < -0.4 is 5.32 Å². The number of nitrogens with zero attached hydrogens (tertiary/aromatic N) is 1. The summed E-state index contributed by atoms with van der Waals surface area (Å²) >= 11 is 0. The van der Waals surface area contributed by atoms with Gasteiger partial charge in [-0.05, 0) is 68.9 Å². The number of rotatable bonds is 6. The molecule has 0 atom stereocenters. The third kappa shape index (κ3) is 4.92. The van der Waals surface area contributed by atoms with Crippen molar-refractivity contribution in [3.05, 3.63) is 35.4 Å². The topological polar surface area (TPSA) is 15.3 Å². The smallest absolute Gasteiger partial charge is 0.0205 e. The molecule has 20 heavy (non-hydrogen) atoms. The zero-order valence-electron chi connectivity index (χ0n) is 13.4. The van der Waals surface area contributed by atoms with E-state index < -0.39 is 0 Å². The number of hydrogen-bond donors (Lipinski definition) is 1. The van der Waals surface area contributed by atoms with Crippen molar-refractivity contribution in [3.8, 4) is 0 Å². The lowest BCUT2D eigenvalue weighted by Crippen LogP contribution is -2.31. The first kappa shape index (κ1) is 15.5. The van der Waals surface area contributed by atoms with Gasteiger partial charge in [0.05, 0.1) is 0 Å². The van der Waals surface area contributed by atoms with Crippen molar-refractivity contribution in [3.63, 3.8) is 0 Å². The molecule has 2 nitrogen and oxygen atoms in total. The number of benzene rings is 1. The second-order valence-corrected chi connectivity index (χ2v) is 6.61. The van der Waals surface area contributed by atoms with Gasteiger partial charge in [-0.2, -0.15) is 0 Å². The van der Waals surface area contributed by atoms with Crippen LogP contribution in [0.25, 0.3) is 0 Å². The minimum absolute atomic E-state index is 0.626. The van der Waals surface area contributed by atoms with Gasteiger partial charge in [0.15, 0.2) is 0 Å². The van der Waals surface area contributed by atoms with E-state index in [1.807, 2.05) is 0 Å². The first-order valence-corrected chi connectivity index (χ1v) is 8.13. The molecule has 2 rings (SSSR count). The lowest BCUT2D eigenvalue weighted by Gasteiger charge is -2.28. The molecule has 0 radical (unpaired) electrons. The first-order valence-electron chi connectivity index (χ1n) is 8.13. The lowest BCUT2D eigenvalue weighted by molar-refractivity contribution is 0.211. The van der Waals surface area contributed by atoms with Crippen LogP contribution in [0.1, 0.15) is 50.2 Å². The quantitative estimate of drug-likeness (QED) is 0.797. The normalized spacial score (nSPS) is 17.8. The zero-order chi connectivity index (χ0) is 14.4. The van der Waals surface area contributed by atoms with Crippen LogP contribution in [0, 0.1) is 5.92 Å². The number of nitrogens with one attached hydrogen (secondary N) is 1. The van der Waals surface area contributed by atoms with Crippen LogP contribution in [0.2, 0.25) is 0 Å². The highest BCUT2D eigenvalue weighted by atomic mass is 15.1. The molecule has 0 saturated carbocycles. The van der Waals surface area contributed by atoms with E-state index in [1.165, 1.54) is 43.5 Å². The van der Waals surface area contributed by atoms with E-state index in [-0.39, 0.29) is 0 Å². The Kier molecular flexibility index (Phi) is 6.06. The molecule has 1 saturated heterocycles. The molecule has 1 aliphatic rings. The molecule has 0 bridgehead atoms. The molecule has 1 aromatic carbocycles. The van der Waals surface area contributed by atoms with E-state index in [4.69, 9.17) is 0 Å². The van der Waals surface area contributed by atoms with Gasteiger partial charge in [-0.15, -0.1) is 0 Å². The Morgan fingerprint density at radius 3 is 2.40 bits per heavy atom. The largest absolute Gasteiger partial charge is 0.313 e. The highest BCUT2D eigenvalue weighted by molar-refractivity contribution is 5.24. The summed E-state index contributed by atoms with van der Waals surface area (Å²) in [4.78, 5) is 2.44. The summed E-state index contributed by atoms with van der Waals surface area (Å²) < 4.78 is 0. The Balaban J connectivity index is 1.63. The average molecular weight is 274 g/mol. The highest BCUT2D eigenvalue weighted by Gasteiger charge is 2.15. The average Bonchev–Trinajstić information content (AvgIpc) is 2.46. The number of hydrogen-bond acceptors (Lipinski definition) is 2. The van der Waals surface area contributed by atoms with Gasteiger partial charge in [0.25, 0.3) is 0 Å². The van der Waals surface area contributed by atoms with E-state index in [2.05, 4.69) is 55.4 Å². The van der Waals surface area contributed by atoms with E-state index in [9.17, 15) is 0 Å². The molecule has 0 unspecified atom stereocenters. The maximum Gasteiger partial charge on any atom is 0.0205 e. The molecule has 112 valence electrons. The van der Waals surface area contributed by atoms with Crippen molar-refractivity contribution in [1.82, 2.24) is 10.2 Å². The lowest BCUT2D eigenvalue weighted by atomic mass is 9.94. The van der Waals surface area contributed by atoms with Gasteiger partial charge in [-0.25, -0.2) is 0 Å². The Labute approximate surface area is 124 Å². The summed E-state index contributed by atoms with van der Waals surface area (Å²) in [6.45, 7) is 9.21. The van der Waals surface area contributed by atoms with Gasteiger partial charge >= 0.3 is 0 Å². The zero-order valence-corrected chi connectivity index (χ0v) is 13.4. The molecule has 0 aliphatic carbocycles. The molecule has 1 heterocycles. The first-order chi connectivity index (χ1) is 9.65. The molecular weight excluding hydrogens is 244 g/mol. The SMILES string of the molecule is CC(C)c1ccc(CNCCC2CCN(C)CC2)cc1. The van der Waals surface area contributed by atoms with Crippen molar-refractivity contribution in [2.24, 2.45) is 5.92 Å². The predicted octanol–water partition coefficient (Wildman–Crippen LogP) is 3.63. The van der Waals surface area contributed by atoms with Gasteiger partial charge in [0.2, 0.25) is 0 Å². The Bertz CT molecular complexity index is 375. The Morgan fingerprint density at radius 1 is 1.15 bits per heavy atom. The summed E-state index contributed by atoms with van der Waals surface area (Å²) in [7, 11) is 2.23. The van der Waals surface area contributed by atoms with Crippen molar-refractivity contribution in [2.45, 2.75) is 45.6 Å². The van der Waals surface area contributed by atoms with E-state index in [1.54, 1.807) is 0 Å². The molecular formula is C18H30N2. The van der Waals surface area contributed by atoms with E-state index in [0.29, 0.717) is 5.92 Å². The highest BCUT2D eigenvalue weighted by Crippen LogP contribution is 2.19. The predicted molar refractivity (Wildman–Crippen MR) is 87.1 cm³/mol. The minimum atomic E-state index is 0.626. The maximum atomic E-state index is 3.60. The maximum absolute atomic E-state index is 3.60. The van der Waals surface area contributed by atoms with Crippen molar-refractivity contribution < 1.29 is 0 Å². The minimum Gasteiger partial charge on any atom is -0.313 e. The second-order valence-electron chi connectivity index (χ2n) is 6.61. The van der Waals surface area contributed by atoms with Gasteiger partial charge < -0.3 is 10.2 Å². The van der Waals surface area contributed by atoms with Crippen LogP contribution in [0.15, 0.2) is 24.3 Å². The Hall–Kier alpha value is -0.860. The third-order valence-electron chi connectivity index (χ3n) is 4.54. The Morgan fingerprint density at radius 2 is 1.80 bits per heavy atom. The molecule has 1 aromatic rings. The van der Waals surface area contributed by atoms with Crippen LogP contribution in [0.5, 0.6) is 0 Å². The molecule has 1 aliphatic heterocycles. The van der Waals surface area contributed by atoms with E-state index in [0.717, 1.165) is 19.0 Å². The standard InChI is InChI=1S/C18H30N2/c1-15(2)18-6-4-17(5-7-18)14-19-11-8-16-9-12-20(3)13-10-16/h4-7,15-16,19H,8-14H2,1-3H3. The summed E-state index contributed by atoms with van der Waals surface area (Å²) in [5.74, 6) is 1.56. The van der Waals surface area contributed by atoms with Crippen LogP contribution in [-0.4, -0.2) is 31.6 Å². The fraction of sp³-hybridized carbons (Fsp3) is 0.667. The van der Waals surface area contributed by atoms with Gasteiger partial charge in [0.1, 0.15) is 0 Å². The summed E-state index contributed by atoms with van der Waals surface area (Å²) in [5.41, 5.74) is 2.83. The summed E-state index contributed by atoms with van der Waals surface area (Å²) in [6, 6.07) is 9.05. The van der Waals surface area contributed by atoms with Crippen molar-refractivity contribution in [2.75, 3.05) is 26.7 Å². The third-order valence-corrected chi connectivity index (χ3v) is 4.54. The van der Waals surface area contributed by atoms with Crippen LogP contribution in [-0.2, 0) is 6.54 Å². The molecule has 0 amide bonds. The fourth-order valence-corrected chi connectivity index (χ4v) is 2.91. The number of piperidine rings is 1. The van der Waals surface area contributed by atoms with Gasteiger partial charge in [-0.3, -0.25) is 0 Å². The summed E-state index contributed by atoms with van der Waals surface area (Å²) in [6.07, 6.45) is 4.08. The number of likely N-dealkylation sites (tertiary alicyclic amines) is 1. The monoisotopic (exact) mass is 274 g/mol. The van der Waals surface area contributed by atoms with Crippen molar-refractivity contribution >= 4 is 0 Å². The molecule has 1 fully saturated rings. The van der Waals surface area contributed by atoms with Crippen molar-refractivity contribution in [1.29, 1.82) is 0 Å². The molecule has 2 heteroatoms. The van der Waals surface area contributed by atoms with E-state index >= 15 is 0 Å². The second kappa shape index (κ2) is 7.80. The van der Waals surface area contributed by atoms with Gasteiger partial charge in [-0.1, -0.05) is 38.1 Å². The van der Waals surface area contributed by atoms with Crippen LogP contribution >= 0.6 is 0 Å².